The van der Waals surface area contributed by atoms with E-state index in [1.54, 1.807) is 0 Å². The van der Waals surface area contributed by atoms with Crippen LogP contribution < -0.4 is 10.2 Å². The average Bonchev–Trinajstić information content (AvgIpc) is 3.03. The van der Waals surface area contributed by atoms with Gasteiger partial charge in [-0.2, -0.15) is 0 Å². The zero-order chi connectivity index (χ0) is 14.5. The molecule has 0 radical (unpaired) electrons. The summed E-state index contributed by atoms with van der Waals surface area (Å²) in [6, 6.07) is 10.5. The van der Waals surface area contributed by atoms with Crippen molar-refractivity contribution in [1.82, 2.24) is 5.32 Å². The highest BCUT2D eigenvalue weighted by Crippen LogP contribution is 2.23. The highest BCUT2D eigenvalue weighted by molar-refractivity contribution is 5.79. The molecule has 2 aliphatic rings. The van der Waals surface area contributed by atoms with Gasteiger partial charge in [0.15, 0.2) is 0 Å². The molecule has 3 nitrogen and oxygen atoms in total. The maximum atomic E-state index is 12.1. The first-order chi connectivity index (χ1) is 10.3. The molecule has 1 N–H and O–H groups in total. The van der Waals surface area contributed by atoms with E-state index in [2.05, 4.69) is 52.7 Å². The van der Waals surface area contributed by atoms with Gasteiger partial charge >= 0.3 is 0 Å². The van der Waals surface area contributed by atoms with E-state index < -0.39 is 0 Å². The molecule has 0 bridgehead atoms. The lowest BCUT2D eigenvalue weighted by Gasteiger charge is -2.20. The molecule has 21 heavy (non-hydrogen) atoms. The fraction of sp³-hybridized carbons (Fsp3) is 0.500. The Bertz CT molecular complexity index is 497. The van der Waals surface area contributed by atoms with Crippen molar-refractivity contribution in [2.75, 3.05) is 24.5 Å². The molecule has 1 aromatic rings. The van der Waals surface area contributed by atoms with E-state index in [0.717, 1.165) is 38.9 Å². The summed E-state index contributed by atoms with van der Waals surface area (Å²) in [4.78, 5) is 14.6. The van der Waals surface area contributed by atoms with Crippen LogP contribution in [0.2, 0.25) is 0 Å². The fourth-order valence-corrected chi connectivity index (χ4v) is 3.29. The summed E-state index contributed by atoms with van der Waals surface area (Å²) in [5, 5.41) is 3.17. The standard InChI is InChI=1S/C18H24N2O/c21-18(16-7-3-1-4-8-16)19-13-15-11-12-20(14-15)17-9-5-2-6-10-17/h1-3,5-6,9-10,15-16H,4,7-8,11-14H2,(H,19,21)/t15-,16-/m1/s1. The van der Waals surface area contributed by atoms with E-state index in [0.29, 0.717) is 5.92 Å². The van der Waals surface area contributed by atoms with Crippen LogP contribution in [0.4, 0.5) is 5.69 Å². The van der Waals surface area contributed by atoms with Gasteiger partial charge in [-0.05, 0) is 43.7 Å². The third-order valence-electron chi connectivity index (χ3n) is 4.61. The smallest absolute Gasteiger partial charge is 0.223 e. The number of nitrogens with zero attached hydrogens (tertiary/aromatic N) is 1. The Kier molecular flexibility index (Phi) is 4.59. The number of carbonyl (C=O) groups excluding carboxylic acids is 1. The van der Waals surface area contributed by atoms with Crippen molar-refractivity contribution < 1.29 is 4.79 Å². The third-order valence-corrected chi connectivity index (χ3v) is 4.61. The van der Waals surface area contributed by atoms with Crippen molar-refractivity contribution in [1.29, 1.82) is 0 Å². The zero-order valence-electron chi connectivity index (χ0n) is 12.5. The number of hydrogen-bond acceptors (Lipinski definition) is 2. The van der Waals surface area contributed by atoms with Gasteiger partial charge in [0.1, 0.15) is 0 Å². The molecule has 1 heterocycles. The van der Waals surface area contributed by atoms with Crippen molar-refractivity contribution in [2.24, 2.45) is 11.8 Å². The van der Waals surface area contributed by atoms with Gasteiger partial charge in [0.2, 0.25) is 5.91 Å². The predicted molar refractivity (Wildman–Crippen MR) is 86.3 cm³/mol. The topological polar surface area (TPSA) is 32.3 Å². The van der Waals surface area contributed by atoms with Gasteiger partial charge in [0.05, 0.1) is 0 Å². The van der Waals surface area contributed by atoms with Crippen LogP contribution in [-0.4, -0.2) is 25.5 Å². The normalized spacial score (nSPS) is 25.0. The fourth-order valence-electron chi connectivity index (χ4n) is 3.29. The number of carbonyl (C=O) groups is 1. The molecule has 1 saturated heterocycles. The Morgan fingerprint density at radius 3 is 2.81 bits per heavy atom. The van der Waals surface area contributed by atoms with Gasteiger partial charge in [-0.3, -0.25) is 4.79 Å². The Hall–Kier alpha value is -1.77. The molecule has 0 aromatic heterocycles. The van der Waals surface area contributed by atoms with Crippen molar-refractivity contribution >= 4 is 11.6 Å². The van der Waals surface area contributed by atoms with E-state index in [1.807, 2.05) is 0 Å². The van der Waals surface area contributed by atoms with Crippen LogP contribution in [-0.2, 0) is 4.79 Å². The second-order valence-corrected chi connectivity index (χ2v) is 6.16. The van der Waals surface area contributed by atoms with Gasteiger partial charge in [-0.25, -0.2) is 0 Å². The second-order valence-electron chi connectivity index (χ2n) is 6.16. The van der Waals surface area contributed by atoms with Crippen LogP contribution in [0, 0.1) is 11.8 Å². The largest absolute Gasteiger partial charge is 0.371 e. The summed E-state index contributed by atoms with van der Waals surface area (Å²) in [7, 11) is 0. The van der Waals surface area contributed by atoms with E-state index in [-0.39, 0.29) is 11.8 Å². The van der Waals surface area contributed by atoms with Crippen molar-refractivity contribution in [3.63, 3.8) is 0 Å². The molecule has 1 aromatic carbocycles. The van der Waals surface area contributed by atoms with Crippen molar-refractivity contribution in [2.45, 2.75) is 25.7 Å². The maximum absolute atomic E-state index is 12.1. The highest BCUT2D eigenvalue weighted by Gasteiger charge is 2.24. The number of benzene rings is 1. The Morgan fingerprint density at radius 2 is 2.05 bits per heavy atom. The molecule has 1 fully saturated rings. The highest BCUT2D eigenvalue weighted by atomic mass is 16.1. The number of amides is 1. The van der Waals surface area contributed by atoms with Crippen molar-refractivity contribution in [3.8, 4) is 0 Å². The molecule has 0 unspecified atom stereocenters. The minimum absolute atomic E-state index is 0.196. The van der Waals surface area contributed by atoms with E-state index >= 15 is 0 Å². The molecule has 3 heteroatoms. The maximum Gasteiger partial charge on any atom is 0.223 e. The Morgan fingerprint density at radius 1 is 1.19 bits per heavy atom. The molecule has 0 spiro atoms. The summed E-state index contributed by atoms with van der Waals surface area (Å²) >= 11 is 0. The number of hydrogen-bond donors (Lipinski definition) is 1. The van der Waals surface area contributed by atoms with E-state index in [4.69, 9.17) is 0 Å². The monoisotopic (exact) mass is 284 g/mol. The van der Waals surface area contributed by atoms with Crippen LogP contribution >= 0.6 is 0 Å². The van der Waals surface area contributed by atoms with Crippen LogP contribution in [0.25, 0.3) is 0 Å². The summed E-state index contributed by atoms with van der Waals surface area (Å²) in [5.41, 5.74) is 1.30. The Balaban J connectivity index is 1.45. The van der Waals surface area contributed by atoms with E-state index in [1.165, 1.54) is 12.1 Å². The second kappa shape index (κ2) is 6.79. The van der Waals surface area contributed by atoms with Gasteiger partial charge < -0.3 is 10.2 Å². The van der Waals surface area contributed by atoms with Crippen LogP contribution in [0.1, 0.15) is 25.7 Å². The molecule has 3 rings (SSSR count). The summed E-state index contributed by atoms with van der Waals surface area (Å²) in [5.74, 6) is 1.02. The quantitative estimate of drug-likeness (QED) is 0.862. The average molecular weight is 284 g/mol. The van der Waals surface area contributed by atoms with Gasteiger partial charge in [0, 0.05) is 31.2 Å². The van der Waals surface area contributed by atoms with Crippen molar-refractivity contribution in [3.05, 3.63) is 42.5 Å². The van der Waals surface area contributed by atoms with Gasteiger partial charge in [0.25, 0.3) is 0 Å². The minimum Gasteiger partial charge on any atom is -0.371 e. The molecule has 1 aliphatic heterocycles. The Labute approximate surface area is 127 Å². The number of anilines is 1. The van der Waals surface area contributed by atoms with Crippen LogP contribution in [0.5, 0.6) is 0 Å². The first-order valence-electron chi connectivity index (χ1n) is 8.05. The summed E-state index contributed by atoms with van der Waals surface area (Å²) in [6.45, 7) is 2.97. The minimum atomic E-state index is 0.196. The summed E-state index contributed by atoms with van der Waals surface area (Å²) in [6.07, 6.45) is 8.44. The first kappa shape index (κ1) is 14.2. The molecule has 112 valence electrons. The van der Waals surface area contributed by atoms with Crippen LogP contribution in [0.15, 0.2) is 42.5 Å². The first-order valence-corrected chi connectivity index (χ1v) is 8.05. The summed E-state index contributed by atoms with van der Waals surface area (Å²) < 4.78 is 0. The number of nitrogens with one attached hydrogen (secondary N) is 1. The lowest BCUT2D eigenvalue weighted by molar-refractivity contribution is -0.125. The SMILES string of the molecule is O=C(NC[C@H]1CCN(c2ccccc2)C1)[C@@H]1CC=CCC1. The lowest BCUT2D eigenvalue weighted by atomic mass is 9.93. The van der Waals surface area contributed by atoms with Gasteiger partial charge in [-0.15, -0.1) is 0 Å². The van der Waals surface area contributed by atoms with Crippen LogP contribution in [0.3, 0.4) is 0 Å². The molecule has 0 saturated carbocycles. The number of rotatable bonds is 4. The number of allylic oxidation sites excluding steroid dienone is 2. The van der Waals surface area contributed by atoms with E-state index in [9.17, 15) is 4.79 Å². The molecular weight excluding hydrogens is 260 g/mol. The van der Waals surface area contributed by atoms with Gasteiger partial charge in [-0.1, -0.05) is 30.4 Å². The number of para-hydroxylation sites is 1. The molecule has 2 atom stereocenters. The predicted octanol–water partition coefficient (Wildman–Crippen LogP) is 2.99. The molecule has 1 amide bonds. The lowest BCUT2D eigenvalue weighted by Crippen LogP contribution is -2.35. The molecular formula is C18H24N2O. The molecule has 1 aliphatic carbocycles. The zero-order valence-corrected chi connectivity index (χ0v) is 12.5. The third kappa shape index (κ3) is 3.66.